The molecule has 1 atom stereocenters. The Hall–Kier alpha value is -1.79. The second-order valence-electron chi connectivity index (χ2n) is 4.07. The lowest BCUT2D eigenvalue weighted by atomic mass is 10.2. The lowest BCUT2D eigenvalue weighted by Crippen LogP contribution is -2.33. The number of rotatable bonds is 8. The monoisotopic (exact) mass is 283 g/mol. The van der Waals surface area contributed by atoms with Gasteiger partial charge in [0.2, 0.25) is 0 Å². The molecule has 0 saturated heterocycles. The third-order valence-electron chi connectivity index (χ3n) is 2.51. The van der Waals surface area contributed by atoms with Gasteiger partial charge in [0.15, 0.2) is 11.5 Å². The highest BCUT2D eigenvalue weighted by atomic mass is 16.5. The van der Waals surface area contributed by atoms with Gasteiger partial charge in [0.1, 0.15) is 0 Å². The maximum atomic E-state index is 11.9. The van der Waals surface area contributed by atoms with Gasteiger partial charge in [-0.3, -0.25) is 4.79 Å². The van der Waals surface area contributed by atoms with Gasteiger partial charge in [0.25, 0.3) is 5.91 Å². The molecule has 0 aliphatic heterocycles. The molecule has 0 bridgehead atoms. The maximum absolute atomic E-state index is 11.9. The van der Waals surface area contributed by atoms with Crippen LogP contribution in [0.4, 0.5) is 0 Å². The van der Waals surface area contributed by atoms with Crippen molar-refractivity contribution < 1.29 is 24.5 Å². The van der Waals surface area contributed by atoms with Gasteiger partial charge in [0, 0.05) is 12.1 Å². The zero-order valence-electron chi connectivity index (χ0n) is 11.8. The van der Waals surface area contributed by atoms with Crippen LogP contribution >= 0.6 is 0 Å². The summed E-state index contributed by atoms with van der Waals surface area (Å²) in [7, 11) is 0. The van der Waals surface area contributed by atoms with Gasteiger partial charge in [-0.2, -0.15) is 0 Å². The molecule has 0 fully saturated rings. The summed E-state index contributed by atoms with van der Waals surface area (Å²) in [5.74, 6) is 0.743. The van der Waals surface area contributed by atoms with Crippen LogP contribution in [0.15, 0.2) is 18.2 Å². The molecule has 112 valence electrons. The van der Waals surface area contributed by atoms with Gasteiger partial charge in [-0.1, -0.05) is 0 Å². The SMILES string of the molecule is CCOc1ccc(C(=O)NCC(O)CO)cc1OCC. The quantitative estimate of drug-likeness (QED) is 0.649. The van der Waals surface area contributed by atoms with Crippen molar-refractivity contribution in [1.82, 2.24) is 5.32 Å². The van der Waals surface area contributed by atoms with Crippen LogP contribution in [0, 0.1) is 0 Å². The summed E-state index contributed by atoms with van der Waals surface area (Å²) < 4.78 is 10.8. The Balaban J connectivity index is 2.79. The maximum Gasteiger partial charge on any atom is 0.251 e. The van der Waals surface area contributed by atoms with Crippen molar-refractivity contribution >= 4 is 5.91 Å². The van der Waals surface area contributed by atoms with Crippen LogP contribution in [-0.2, 0) is 0 Å². The first kappa shape index (κ1) is 16.3. The largest absolute Gasteiger partial charge is 0.490 e. The van der Waals surface area contributed by atoms with Crippen LogP contribution < -0.4 is 14.8 Å². The molecule has 0 aliphatic carbocycles. The highest BCUT2D eigenvalue weighted by Gasteiger charge is 2.12. The summed E-state index contributed by atoms with van der Waals surface area (Å²) >= 11 is 0. The number of aliphatic hydroxyl groups excluding tert-OH is 2. The predicted molar refractivity (Wildman–Crippen MR) is 74.2 cm³/mol. The molecule has 6 heteroatoms. The van der Waals surface area contributed by atoms with E-state index in [-0.39, 0.29) is 12.5 Å². The number of hydrogen-bond donors (Lipinski definition) is 3. The van der Waals surface area contributed by atoms with Crippen molar-refractivity contribution in [2.75, 3.05) is 26.4 Å². The van der Waals surface area contributed by atoms with Crippen molar-refractivity contribution in [3.63, 3.8) is 0 Å². The standard InChI is InChI=1S/C14H21NO5/c1-3-19-12-6-5-10(7-13(12)20-4-2)14(18)15-8-11(17)9-16/h5-7,11,16-17H,3-4,8-9H2,1-2H3,(H,15,18). The average molecular weight is 283 g/mol. The van der Waals surface area contributed by atoms with Crippen molar-refractivity contribution in [2.24, 2.45) is 0 Å². The molecule has 1 aromatic carbocycles. The molecule has 0 saturated carbocycles. The second kappa shape index (κ2) is 8.39. The fourth-order valence-corrected chi connectivity index (χ4v) is 1.57. The zero-order valence-corrected chi connectivity index (χ0v) is 11.8. The molecule has 0 aromatic heterocycles. The first-order valence-electron chi connectivity index (χ1n) is 6.59. The van der Waals surface area contributed by atoms with Gasteiger partial charge < -0.3 is 25.0 Å². The number of carbonyl (C=O) groups is 1. The van der Waals surface area contributed by atoms with E-state index in [0.717, 1.165) is 0 Å². The van der Waals surface area contributed by atoms with E-state index in [0.29, 0.717) is 30.3 Å². The second-order valence-corrected chi connectivity index (χ2v) is 4.07. The summed E-state index contributed by atoms with van der Waals surface area (Å²) in [6.07, 6.45) is -0.965. The molecule has 0 aliphatic rings. The summed E-state index contributed by atoms with van der Waals surface area (Å²) in [6, 6.07) is 4.88. The highest BCUT2D eigenvalue weighted by molar-refractivity contribution is 5.94. The number of ether oxygens (including phenoxy) is 2. The summed E-state index contributed by atoms with van der Waals surface area (Å²) in [5.41, 5.74) is 0.405. The van der Waals surface area contributed by atoms with Crippen LogP contribution in [0.1, 0.15) is 24.2 Å². The van der Waals surface area contributed by atoms with E-state index < -0.39 is 12.7 Å². The van der Waals surface area contributed by atoms with Crippen LogP contribution in [0.2, 0.25) is 0 Å². The normalized spacial score (nSPS) is 11.8. The Morgan fingerprint density at radius 3 is 2.50 bits per heavy atom. The van der Waals surface area contributed by atoms with Gasteiger partial charge >= 0.3 is 0 Å². The number of carbonyl (C=O) groups excluding carboxylic acids is 1. The Morgan fingerprint density at radius 2 is 1.90 bits per heavy atom. The van der Waals surface area contributed by atoms with Crippen molar-refractivity contribution in [1.29, 1.82) is 0 Å². The molecule has 1 rings (SSSR count). The molecular weight excluding hydrogens is 262 g/mol. The molecule has 0 radical (unpaired) electrons. The summed E-state index contributed by atoms with van der Waals surface area (Å²) in [6.45, 7) is 4.29. The molecule has 0 heterocycles. The fraction of sp³-hybridized carbons (Fsp3) is 0.500. The van der Waals surface area contributed by atoms with E-state index in [2.05, 4.69) is 5.32 Å². The lowest BCUT2D eigenvalue weighted by Gasteiger charge is -2.13. The zero-order chi connectivity index (χ0) is 15.0. The third kappa shape index (κ3) is 4.71. The van der Waals surface area contributed by atoms with Crippen LogP contribution in [0.25, 0.3) is 0 Å². The van der Waals surface area contributed by atoms with Crippen LogP contribution in [0.3, 0.4) is 0 Å². The number of hydrogen-bond acceptors (Lipinski definition) is 5. The van der Waals surface area contributed by atoms with E-state index in [1.807, 2.05) is 13.8 Å². The molecule has 3 N–H and O–H groups in total. The van der Waals surface area contributed by atoms with E-state index in [1.54, 1.807) is 18.2 Å². The third-order valence-corrected chi connectivity index (χ3v) is 2.51. The first-order valence-corrected chi connectivity index (χ1v) is 6.59. The van der Waals surface area contributed by atoms with Crippen LogP contribution in [0.5, 0.6) is 11.5 Å². The number of nitrogens with one attached hydrogen (secondary N) is 1. The van der Waals surface area contributed by atoms with Crippen LogP contribution in [-0.4, -0.2) is 48.6 Å². The molecule has 1 amide bonds. The lowest BCUT2D eigenvalue weighted by molar-refractivity contribution is 0.0801. The molecular formula is C14H21NO5. The van der Waals surface area contributed by atoms with Crippen molar-refractivity contribution in [2.45, 2.75) is 20.0 Å². The van der Waals surface area contributed by atoms with Gasteiger partial charge in [0.05, 0.1) is 25.9 Å². The molecule has 0 spiro atoms. The van der Waals surface area contributed by atoms with E-state index in [1.165, 1.54) is 0 Å². The number of aliphatic hydroxyl groups is 2. The number of amides is 1. The first-order chi connectivity index (χ1) is 9.62. The van der Waals surface area contributed by atoms with Gasteiger partial charge in [-0.05, 0) is 32.0 Å². The van der Waals surface area contributed by atoms with Gasteiger partial charge in [-0.25, -0.2) is 0 Å². The predicted octanol–water partition coefficient (Wildman–Crippen LogP) is 0.567. The van der Waals surface area contributed by atoms with E-state index in [9.17, 15) is 9.90 Å². The Labute approximate surface area is 118 Å². The van der Waals surface area contributed by atoms with Gasteiger partial charge in [-0.15, -0.1) is 0 Å². The minimum atomic E-state index is -0.965. The van der Waals surface area contributed by atoms with E-state index >= 15 is 0 Å². The topological polar surface area (TPSA) is 88.0 Å². The summed E-state index contributed by atoms with van der Waals surface area (Å²) in [5, 5.41) is 20.4. The number of benzene rings is 1. The average Bonchev–Trinajstić information content (AvgIpc) is 2.46. The van der Waals surface area contributed by atoms with E-state index in [4.69, 9.17) is 14.6 Å². The highest BCUT2D eigenvalue weighted by Crippen LogP contribution is 2.28. The smallest absolute Gasteiger partial charge is 0.251 e. The Kier molecular flexibility index (Phi) is 6.83. The van der Waals surface area contributed by atoms with Crippen molar-refractivity contribution in [3.8, 4) is 11.5 Å². The minimum absolute atomic E-state index is 0.00743. The molecule has 20 heavy (non-hydrogen) atoms. The summed E-state index contributed by atoms with van der Waals surface area (Å²) in [4.78, 5) is 11.9. The van der Waals surface area contributed by atoms with Crippen molar-refractivity contribution in [3.05, 3.63) is 23.8 Å². The molecule has 1 unspecified atom stereocenters. The fourth-order valence-electron chi connectivity index (χ4n) is 1.57. The minimum Gasteiger partial charge on any atom is -0.490 e. The molecule has 6 nitrogen and oxygen atoms in total. The Bertz CT molecular complexity index is 436. The molecule has 1 aromatic rings. The Morgan fingerprint density at radius 1 is 1.25 bits per heavy atom.